The number of nitrogen functional groups attached to an aromatic ring is 1. The van der Waals surface area contributed by atoms with Crippen molar-refractivity contribution in [3.05, 3.63) is 23.8 Å². The van der Waals surface area contributed by atoms with Crippen molar-refractivity contribution in [1.82, 2.24) is 4.72 Å². The average Bonchev–Trinajstić information content (AvgIpc) is 2.31. The Hall–Kier alpha value is -1.06. The van der Waals surface area contributed by atoms with Gasteiger partial charge in [0.25, 0.3) is 0 Å². The quantitative estimate of drug-likeness (QED) is 0.594. The normalized spacial score (nSPS) is 13.4. The van der Waals surface area contributed by atoms with Gasteiger partial charge in [-0.05, 0) is 18.6 Å². The Morgan fingerprint density at radius 3 is 2.58 bits per heavy atom. The number of anilines is 1. The molecule has 0 aliphatic heterocycles. The van der Waals surface area contributed by atoms with Crippen LogP contribution in [0.25, 0.3) is 0 Å². The van der Waals surface area contributed by atoms with Crippen molar-refractivity contribution in [2.24, 2.45) is 0 Å². The summed E-state index contributed by atoms with van der Waals surface area (Å²) in [5.74, 6) is -2.00. The maximum atomic E-state index is 13.6. The molecule has 0 fully saturated rings. The first-order valence-corrected chi connectivity index (χ1v) is 8.50. The molecule has 1 atom stereocenters. The number of nitrogens with one attached hydrogen (secondary N) is 1. The van der Waals surface area contributed by atoms with E-state index < -0.39 is 43.0 Å². The highest BCUT2D eigenvalue weighted by Gasteiger charge is 2.22. The third kappa shape index (κ3) is 4.22. The van der Waals surface area contributed by atoms with E-state index in [1.54, 1.807) is 0 Å². The van der Waals surface area contributed by atoms with Gasteiger partial charge in [-0.15, -0.1) is 0 Å². The van der Waals surface area contributed by atoms with Gasteiger partial charge in [-0.1, -0.05) is 0 Å². The second kappa shape index (κ2) is 6.40. The fourth-order valence-corrected chi connectivity index (χ4v) is 3.03. The maximum Gasteiger partial charge on any atom is 0.243 e. The van der Waals surface area contributed by atoms with E-state index in [-0.39, 0.29) is 6.54 Å². The first-order chi connectivity index (χ1) is 8.75. The fourth-order valence-electron chi connectivity index (χ4n) is 1.32. The smallest absolute Gasteiger partial charge is 0.243 e. The minimum atomic E-state index is -4.10. The molecule has 1 rings (SSSR count). The summed E-state index contributed by atoms with van der Waals surface area (Å²) in [5, 5.41) is 0. The Bertz CT molecular complexity index is 591. The lowest BCUT2D eigenvalue weighted by atomic mass is 10.3. The molecule has 0 amide bonds. The van der Waals surface area contributed by atoms with Gasteiger partial charge in [-0.25, -0.2) is 21.9 Å². The third-order valence-corrected chi connectivity index (χ3v) is 4.62. The topological polar surface area (TPSA) is 89.3 Å². The highest BCUT2D eigenvalue weighted by molar-refractivity contribution is 7.89. The van der Waals surface area contributed by atoms with Gasteiger partial charge in [-0.2, -0.15) is 0 Å². The van der Waals surface area contributed by atoms with Crippen LogP contribution in [0.15, 0.2) is 17.0 Å². The summed E-state index contributed by atoms with van der Waals surface area (Å²) in [5.41, 5.74) is 4.26. The molecule has 1 aromatic carbocycles. The van der Waals surface area contributed by atoms with E-state index in [1.165, 1.54) is 6.26 Å². The molecule has 0 heterocycles. The van der Waals surface area contributed by atoms with Gasteiger partial charge in [0.1, 0.15) is 16.4 Å². The zero-order valence-corrected chi connectivity index (χ0v) is 11.8. The van der Waals surface area contributed by atoms with Crippen molar-refractivity contribution in [2.45, 2.75) is 11.3 Å². The lowest BCUT2D eigenvalue weighted by Gasteiger charge is -2.09. The van der Waals surface area contributed by atoms with Crippen molar-refractivity contribution in [2.75, 3.05) is 24.3 Å². The molecule has 0 aromatic heterocycles. The summed E-state index contributed by atoms with van der Waals surface area (Å²) >= 11 is 0. The molecular formula is C10H14F2N2O3S2. The molecule has 0 saturated carbocycles. The molecule has 0 saturated heterocycles. The van der Waals surface area contributed by atoms with Crippen LogP contribution in [-0.4, -0.2) is 31.2 Å². The van der Waals surface area contributed by atoms with Gasteiger partial charge in [0.15, 0.2) is 5.82 Å². The van der Waals surface area contributed by atoms with Crippen LogP contribution in [0.5, 0.6) is 0 Å². The molecule has 0 bridgehead atoms. The molecule has 5 nitrogen and oxygen atoms in total. The molecule has 9 heteroatoms. The van der Waals surface area contributed by atoms with Gasteiger partial charge in [0, 0.05) is 29.4 Å². The zero-order valence-electron chi connectivity index (χ0n) is 10.2. The number of hydrogen-bond donors (Lipinski definition) is 2. The number of hydrogen-bond acceptors (Lipinski definition) is 4. The molecular weight excluding hydrogens is 298 g/mol. The van der Waals surface area contributed by atoms with Gasteiger partial charge >= 0.3 is 0 Å². The third-order valence-electron chi connectivity index (χ3n) is 2.28. The molecule has 0 spiro atoms. The monoisotopic (exact) mass is 312 g/mol. The minimum absolute atomic E-state index is 0.0125. The first kappa shape index (κ1) is 16.0. The second-order valence-corrected chi connectivity index (χ2v) is 7.09. The van der Waals surface area contributed by atoms with Crippen LogP contribution in [-0.2, 0) is 20.8 Å². The van der Waals surface area contributed by atoms with E-state index in [1.807, 2.05) is 0 Å². The highest BCUT2D eigenvalue weighted by Crippen LogP contribution is 2.22. The lowest BCUT2D eigenvalue weighted by molar-refractivity contribution is 0.548. The molecule has 1 unspecified atom stereocenters. The molecule has 0 aliphatic carbocycles. The van der Waals surface area contributed by atoms with E-state index in [2.05, 4.69) is 4.72 Å². The van der Waals surface area contributed by atoms with Gasteiger partial charge in [0.05, 0.1) is 0 Å². The summed E-state index contributed by atoms with van der Waals surface area (Å²) in [4.78, 5) is -0.705. The van der Waals surface area contributed by atoms with Crippen LogP contribution in [0.4, 0.5) is 14.5 Å². The Kier molecular flexibility index (Phi) is 5.39. The molecule has 3 N–H and O–H groups in total. The predicted octanol–water partition coefficient (Wildman–Crippen LogP) is 0.594. The fraction of sp³-hybridized carbons (Fsp3) is 0.400. The number of benzene rings is 1. The van der Waals surface area contributed by atoms with Gasteiger partial charge in [-0.3, -0.25) is 4.21 Å². The van der Waals surface area contributed by atoms with E-state index in [0.29, 0.717) is 12.2 Å². The zero-order chi connectivity index (χ0) is 14.6. The summed E-state index contributed by atoms with van der Waals surface area (Å²) < 4.78 is 62.9. The average molecular weight is 312 g/mol. The van der Waals surface area contributed by atoms with E-state index >= 15 is 0 Å². The van der Waals surface area contributed by atoms with Crippen LogP contribution in [0, 0.1) is 11.6 Å². The molecule has 0 radical (unpaired) electrons. The highest BCUT2D eigenvalue weighted by atomic mass is 32.2. The van der Waals surface area contributed by atoms with Crippen molar-refractivity contribution >= 4 is 26.5 Å². The van der Waals surface area contributed by atoms with Crippen LogP contribution in [0.1, 0.15) is 6.42 Å². The summed E-state index contributed by atoms with van der Waals surface area (Å²) in [6.45, 7) is 0.0125. The Morgan fingerprint density at radius 1 is 1.37 bits per heavy atom. The minimum Gasteiger partial charge on any atom is -0.394 e. The van der Waals surface area contributed by atoms with Crippen LogP contribution >= 0.6 is 0 Å². The standard InChI is InChI=1S/C10H14F2N2O3S2/c1-18(15)6-2-5-14-19(16,17)8-4-3-7(11)10(13)9(8)12/h3-4,14H,2,5-6,13H2,1H3. The van der Waals surface area contributed by atoms with Crippen molar-refractivity contribution < 1.29 is 21.4 Å². The summed E-state index contributed by atoms with van der Waals surface area (Å²) in [7, 11) is -5.13. The second-order valence-electron chi connectivity index (χ2n) is 3.80. The van der Waals surface area contributed by atoms with E-state index in [9.17, 15) is 21.4 Å². The Labute approximate surface area is 112 Å². The molecule has 1 aromatic rings. The molecule has 108 valence electrons. The van der Waals surface area contributed by atoms with E-state index in [0.717, 1.165) is 12.1 Å². The van der Waals surface area contributed by atoms with Crippen molar-refractivity contribution in [3.8, 4) is 0 Å². The molecule has 19 heavy (non-hydrogen) atoms. The van der Waals surface area contributed by atoms with E-state index in [4.69, 9.17) is 5.73 Å². The Balaban J connectivity index is 2.84. The number of nitrogens with two attached hydrogens (primary N) is 1. The summed E-state index contributed by atoms with van der Waals surface area (Å²) in [6.07, 6.45) is 1.84. The number of rotatable bonds is 6. The van der Waals surface area contributed by atoms with Crippen LogP contribution in [0.3, 0.4) is 0 Å². The SMILES string of the molecule is CS(=O)CCCNS(=O)(=O)c1ccc(F)c(N)c1F. The Morgan fingerprint density at radius 2 is 2.00 bits per heavy atom. The predicted molar refractivity (Wildman–Crippen MR) is 69.5 cm³/mol. The summed E-state index contributed by atoms with van der Waals surface area (Å²) in [6, 6.07) is 1.59. The number of sulfonamides is 1. The largest absolute Gasteiger partial charge is 0.394 e. The molecule has 0 aliphatic rings. The van der Waals surface area contributed by atoms with Crippen molar-refractivity contribution in [1.29, 1.82) is 0 Å². The van der Waals surface area contributed by atoms with Crippen LogP contribution < -0.4 is 10.5 Å². The van der Waals surface area contributed by atoms with Gasteiger partial charge in [0.2, 0.25) is 10.0 Å². The first-order valence-electron chi connectivity index (χ1n) is 5.29. The van der Waals surface area contributed by atoms with Gasteiger partial charge < -0.3 is 5.73 Å². The van der Waals surface area contributed by atoms with Crippen LogP contribution in [0.2, 0.25) is 0 Å². The van der Waals surface area contributed by atoms with Crippen molar-refractivity contribution in [3.63, 3.8) is 0 Å². The number of halogens is 2. The lowest BCUT2D eigenvalue weighted by Crippen LogP contribution is -2.27. The maximum absolute atomic E-state index is 13.6.